The first-order chi connectivity index (χ1) is 9.81. The van der Waals surface area contributed by atoms with Crippen molar-refractivity contribution in [1.29, 1.82) is 0 Å². The highest BCUT2D eigenvalue weighted by Gasteiger charge is 2.24. The monoisotopic (exact) mass is 387 g/mol. The van der Waals surface area contributed by atoms with Gasteiger partial charge in [0.05, 0.1) is 12.2 Å². The second-order valence-electron chi connectivity index (χ2n) is 6.14. The fourth-order valence-electron chi connectivity index (χ4n) is 2.11. The third-order valence-electron chi connectivity index (χ3n) is 3.08. The molecule has 0 spiro atoms. The number of aromatic nitrogens is 1. The molecular formula is C15H22BrN3S2. The number of thiazole rings is 1. The Bertz CT molecular complexity index is 598. The Kier molecular flexibility index (Phi) is 5.46. The highest BCUT2D eigenvalue weighted by molar-refractivity contribution is 9.10. The van der Waals surface area contributed by atoms with Crippen LogP contribution in [-0.2, 0) is 18.5 Å². The van der Waals surface area contributed by atoms with Gasteiger partial charge in [-0.3, -0.25) is 0 Å². The summed E-state index contributed by atoms with van der Waals surface area (Å²) in [6.07, 6.45) is 0. The molecule has 0 unspecified atom stereocenters. The quantitative estimate of drug-likeness (QED) is 0.810. The van der Waals surface area contributed by atoms with E-state index in [9.17, 15) is 0 Å². The Morgan fingerprint density at radius 2 is 2.10 bits per heavy atom. The number of hydrogen-bond acceptors (Lipinski definition) is 5. The number of nitrogens with one attached hydrogen (secondary N) is 1. The van der Waals surface area contributed by atoms with Gasteiger partial charge in [-0.25, -0.2) is 4.98 Å². The molecule has 0 saturated heterocycles. The largest absolute Gasteiger partial charge is 0.346 e. The molecule has 0 radical (unpaired) electrons. The van der Waals surface area contributed by atoms with Crippen LogP contribution in [0, 0.1) is 0 Å². The van der Waals surface area contributed by atoms with Gasteiger partial charge in [-0.2, -0.15) is 0 Å². The van der Waals surface area contributed by atoms with Gasteiger partial charge in [0.25, 0.3) is 0 Å². The lowest BCUT2D eigenvalue weighted by molar-refractivity contribution is 0.563. The van der Waals surface area contributed by atoms with Gasteiger partial charge in [0.2, 0.25) is 0 Å². The fraction of sp³-hybridized carbons (Fsp3) is 0.533. The van der Waals surface area contributed by atoms with Gasteiger partial charge in [0.1, 0.15) is 0 Å². The molecule has 2 aromatic rings. The third-order valence-corrected chi connectivity index (χ3v) is 5.93. The molecule has 0 aliphatic rings. The van der Waals surface area contributed by atoms with Crippen LogP contribution in [0.2, 0.25) is 0 Å². The number of rotatable bonds is 5. The number of halogens is 1. The molecule has 2 rings (SSSR count). The van der Waals surface area contributed by atoms with E-state index in [0.29, 0.717) is 0 Å². The van der Waals surface area contributed by atoms with Gasteiger partial charge in [-0.15, -0.1) is 22.7 Å². The minimum absolute atomic E-state index is 0.0771. The zero-order valence-corrected chi connectivity index (χ0v) is 16.4. The molecular weight excluding hydrogens is 366 g/mol. The predicted molar refractivity (Wildman–Crippen MR) is 97.7 cm³/mol. The molecule has 0 fully saturated rings. The summed E-state index contributed by atoms with van der Waals surface area (Å²) in [5, 5.41) is 6.46. The molecule has 6 heteroatoms. The van der Waals surface area contributed by atoms with E-state index < -0.39 is 0 Å². The Morgan fingerprint density at radius 3 is 2.62 bits per heavy atom. The zero-order chi connectivity index (χ0) is 15.6. The maximum Gasteiger partial charge on any atom is 0.185 e. The SMILES string of the molecule is CNCc1sc(N(C)Cc2cc(Br)cs2)nc1C(C)(C)C. The topological polar surface area (TPSA) is 28.2 Å². The minimum atomic E-state index is 0.0771. The summed E-state index contributed by atoms with van der Waals surface area (Å²) in [5.74, 6) is 0. The Hall–Kier alpha value is -0.430. The summed E-state index contributed by atoms with van der Waals surface area (Å²) in [5.41, 5.74) is 1.28. The van der Waals surface area contributed by atoms with Gasteiger partial charge >= 0.3 is 0 Å². The van der Waals surface area contributed by atoms with Crippen LogP contribution in [0.25, 0.3) is 0 Å². The van der Waals surface area contributed by atoms with E-state index in [1.165, 1.54) is 15.4 Å². The Balaban J connectivity index is 2.22. The van der Waals surface area contributed by atoms with Crippen molar-refractivity contribution in [3.8, 4) is 0 Å². The van der Waals surface area contributed by atoms with Gasteiger partial charge in [-0.05, 0) is 29.0 Å². The lowest BCUT2D eigenvalue weighted by Crippen LogP contribution is -2.18. The lowest BCUT2D eigenvalue weighted by Gasteiger charge is -2.18. The first-order valence-electron chi connectivity index (χ1n) is 6.90. The van der Waals surface area contributed by atoms with Gasteiger partial charge < -0.3 is 10.2 Å². The van der Waals surface area contributed by atoms with E-state index >= 15 is 0 Å². The van der Waals surface area contributed by atoms with Crippen molar-refractivity contribution in [2.75, 3.05) is 19.0 Å². The molecule has 3 nitrogen and oxygen atoms in total. The number of thiophene rings is 1. The number of hydrogen-bond donors (Lipinski definition) is 1. The van der Waals surface area contributed by atoms with Crippen molar-refractivity contribution in [2.45, 2.75) is 39.3 Å². The molecule has 1 N–H and O–H groups in total. The lowest BCUT2D eigenvalue weighted by atomic mass is 9.91. The summed E-state index contributed by atoms with van der Waals surface area (Å²) in [4.78, 5) is 9.81. The predicted octanol–water partition coefficient (Wildman–Crippen LogP) is 4.62. The summed E-state index contributed by atoms with van der Waals surface area (Å²) >= 11 is 7.08. The summed E-state index contributed by atoms with van der Waals surface area (Å²) in [6.45, 7) is 8.44. The second-order valence-corrected chi connectivity index (χ2v) is 9.11. The van der Waals surface area contributed by atoms with E-state index in [-0.39, 0.29) is 5.41 Å². The highest BCUT2D eigenvalue weighted by atomic mass is 79.9. The normalized spacial score (nSPS) is 11.9. The van der Waals surface area contributed by atoms with Gasteiger partial charge in [0.15, 0.2) is 5.13 Å². The summed E-state index contributed by atoms with van der Waals surface area (Å²) in [7, 11) is 4.10. The smallest absolute Gasteiger partial charge is 0.185 e. The van der Waals surface area contributed by atoms with Gasteiger partial charge in [0, 0.05) is 38.6 Å². The zero-order valence-electron chi connectivity index (χ0n) is 13.2. The molecule has 0 aromatic carbocycles. The van der Waals surface area contributed by atoms with Gasteiger partial charge in [-0.1, -0.05) is 20.8 Å². The van der Waals surface area contributed by atoms with Crippen molar-refractivity contribution < 1.29 is 0 Å². The maximum atomic E-state index is 4.90. The van der Waals surface area contributed by atoms with Crippen LogP contribution in [0.4, 0.5) is 5.13 Å². The first-order valence-corrected chi connectivity index (χ1v) is 9.39. The van der Waals surface area contributed by atoms with Crippen LogP contribution in [0.15, 0.2) is 15.9 Å². The first kappa shape index (κ1) is 16.9. The molecule has 0 saturated carbocycles. The van der Waals surface area contributed by atoms with Crippen molar-refractivity contribution in [2.24, 2.45) is 0 Å². The van der Waals surface area contributed by atoms with Crippen LogP contribution in [0.3, 0.4) is 0 Å². The van der Waals surface area contributed by atoms with E-state index in [0.717, 1.165) is 22.7 Å². The molecule has 0 bridgehead atoms. The summed E-state index contributed by atoms with van der Waals surface area (Å²) in [6, 6.07) is 2.17. The average molecular weight is 388 g/mol. The Morgan fingerprint density at radius 1 is 1.38 bits per heavy atom. The average Bonchev–Trinajstić information content (AvgIpc) is 2.96. The van der Waals surface area contributed by atoms with Crippen LogP contribution in [-0.4, -0.2) is 19.1 Å². The van der Waals surface area contributed by atoms with Crippen molar-refractivity contribution in [3.05, 3.63) is 31.4 Å². The van der Waals surface area contributed by atoms with E-state index in [2.05, 4.69) is 65.4 Å². The molecule has 0 atom stereocenters. The van der Waals surface area contributed by atoms with Crippen LogP contribution >= 0.6 is 38.6 Å². The van der Waals surface area contributed by atoms with E-state index in [4.69, 9.17) is 4.98 Å². The Labute approximate surface area is 143 Å². The maximum absolute atomic E-state index is 4.90. The minimum Gasteiger partial charge on any atom is -0.346 e. The van der Waals surface area contributed by atoms with Crippen molar-refractivity contribution in [3.63, 3.8) is 0 Å². The van der Waals surface area contributed by atoms with Crippen molar-refractivity contribution in [1.82, 2.24) is 10.3 Å². The van der Waals surface area contributed by atoms with Crippen LogP contribution < -0.4 is 10.2 Å². The third kappa shape index (κ3) is 4.28. The summed E-state index contributed by atoms with van der Waals surface area (Å²) < 4.78 is 1.15. The van der Waals surface area contributed by atoms with Crippen LogP contribution in [0.1, 0.15) is 36.2 Å². The second kappa shape index (κ2) is 6.77. The van der Waals surface area contributed by atoms with Crippen molar-refractivity contribution >= 4 is 43.7 Å². The molecule has 116 valence electrons. The number of nitrogens with zero attached hydrogens (tertiary/aromatic N) is 2. The van der Waals surface area contributed by atoms with E-state index in [1.807, 2.05) is 7.05 Å². The highest BCUT2D eigenvalue weighted by Crippen LogP contribution is 2.34. The molecule has 0 aliphatic carbocycles. The fourth-order valence-corrected chi connectivity index (χ4v) is 4.85. The van der Waals surface area contributed by atoms with E-state index in [1.54, 1.807) is 22.7 Å². The molecule has 2 heterocycles. The van der Waals surface area contributed by atoms with Crippen LogP contribution in [0.5, 0.6) is 0 Å². The standard InChI is InChI=1S/C15H22BrN3S2/c1-15(2,3)13-12(7-17-4)21-14(18-13)19(5)8-11-6-10(16)9-20-11/h6,9,17H,7-8H2,1-5H3. The number of anilines is 1. The molecule has 2 aromatic heterocycles. The molecule has 21 heavy (non-hydrogen) atoms. The molecule has 0 aliphatic heterocycles. The molecule has 0 amide bonds.